The lowest BCUT2D eigenvalue weighted by molar-refractivity contribution is -0.130. The second kappa shape index (κ2) is 7.74. The van der Waals surface area contributed by atoms with Gasteiger partial charge in [0.1, 0.15) is 0 Å². The molecule has 2 rings (SSSR count). The molecule has 0 aromatic heterocycles. The van der Waals surface area contributed by atoms with Crippen LogP contribution in [0.25, 0.3) is 0 Å². The van der Waals surface area contributed by atoms with E-state index in [0.717, 1.165) is 45.6 Å². The molecule has 4 nitrogen and oxygen atoms in total. The summed E-state index contributed by atoms with van der Waals surface area (Å²) < 4.78 is 5.58. The minimum atomic E-state index is 0.319. The number of nitrogens with zero attached hydrogens (tertiary/aromatic N) is 1. The summed E-state index contributed by atoms with van der Waals surface area (Å²) in [7, 11) is 0. The number of amides is 1. The average molecular weight is 254 g/mol. The maximum absolute atomic E-state index is 11.8. The van der Waals surface area contributed by atoms with Crippen LogP contribution in [-0.2, 0) is 9.53 Å². The van der Waals surface area contributed by atoms with E-state index in [9.17, 15) is 4.79 Å². The highest BCUT2D eigenvalue weighted by Crippen LogP contribution is 2.16. The number of carbonyl (C=O) groups is 1. The van der Waals surface area contributed by atoms with Gasteiger partial charge in [-0.15, -0.1) is 0 Å². The zero-order chi connectivity index (χ0) is 12.6. The van der Waals surface area contributed by atoms with Crippen molar-refractivity contribution in [2.45, 2.75) is 51.0 Å². The topological polar surface area (TPSA) is 41.6 Å². The van der Waals surface area contributed by atoms with Gasteiger partial charge in [-0.25, -0.2) is 0 Å². The first-order valence-corrected chi connectivity index (χ1v) is 7.46. The number of carbonyl (C=O) groups excluding carboxylic acids is 1. The Balaban J connectivity index is 1.42. The quantitative estimate of drug-likeness (QED) is 0.701. The monoisotopic (exact) mass is 254 g/mol. The minimum Gasteiger partial charge on any atom is -0.378 e. The molecule has 0 saturated carbocycles. The third-order valence-electron chi connectivity index (χ3n) is 3.88. The van der Waals surface area contributed by atoms with Crippen LogP contribution in [0, 0.1) is 0 Å². The van der Waals surface area contributed by atoms with E-state index in [1.54, 1.807) is 0 Å². The van der Waals surface area contributed by atoms with E-state index in [1.165, 1.54) is 25.7 Å². The van der Waals surface area contributed by atoms with Crippen molar-refractivity contribution >= 4 is 5.91 Å². The number of nitrogens with one attached hydrogen (secondary N) is 1. The predicted molar refractivity (Wildman–Crippen MR) is 71.5 cm³/mol. The molecule has 2 aliphatic rings. The van der Waals surface area contributed by atoms with Crippen molar-refractivity contribution in [3.8, 4) is 0 Å². The van der Waals surface area contributed by atoms with E-state index in [-0.39, 0.29) is 0 Å². The molecule has 0 aromatic carbocycles. The van der Waals surface area contributed by atoms with Gasteiger partial charge < -0.3 is 15.0 Å². The van der Waals surface area contributed by atoms with Crippen LogP contribution in [0.5, 0.6) is 0 Å². The predicted octanol–water partition coefficient (Wildman–Crippen LogP) is 1.55. The number of ether oxygens (including phenoxy) is 1. The normalized spacial score (nSPS) is 23.8. The van der Waals surface area contributed by atoms with Crippen molar-refractivity contribution in [1.82, 2.24) is 10.2 Å². The summed E-state index contributed by atoms with van der Waals surface area (Å²) in [6, 6.07) is 0. The van der Waals surface area contributed by atoms with Crippen molar-refractivity contribution in [3.05, 3.63) is 0 Å². The van der Waals surface area contributed by atoms with Crippen molar-refractivity contribution in [2.75, 3.05) is 32.8 Å². The van der Waals surface area contributed by atoms with E-state index in [2.05, 4.69) is 5.32 Å². The number of hydrogen-bond acceptors (Lipinski definition) is 3. The summed E-state index contributed by atoms with van der Waals surface area (Å²) >= 11 is 0. The molecule has 1 amide bonds. The Hall–Kier alpha value is -0.610. The highest BCUT2D eigenvalue weighted by molar-refractivity contribution is 5.76. The lowest BCUT2D eigenvalue weighted by atomic mass is 10.1. The fourth-order valence-electron chi connectivity index (χ4n) is 2.77. The third kappa shape index (κ3) is 4.58. The molecule has 4 heteroatoms. The standard InChI is InChI=1S/C14H26N2O2/c17-14(16-10-1-2-11-16)7-9-15-8-3-5-13-6-4-12-18-13/h13,15H,1-12H2. The van der Waals surface area contributed by atoms with Crippen molar-refractivity contribution in [1.29, 1.82) is 0 Å². The van der Waals surface area contributed by atoms with E-state index in [1.807, 2.05) is 4.90 Å². The molecule has 104 valence electrons. The van der Waals surface area contributed by atoms with Gasteiger partial charge in [0, 0.05) is 32.7 Å². The summed E-state index contributed by atoms with van der Waals surface area (Å²) in [5.41, 5.74) is 0. The Morgan fingerprint density at radius 1 is 1.22 bits per heavy atom. The van der Waals surface area contributed by atoms with Gasteiger partial charge >= 0.3 is 0 Å². The molecule has 1 N–H and O–H groups in total. The molecule has 2 saturated heterocycles. The number of hydrogen-bond donors (Lipinski definition) is 1. The molecule has 0 aliphatic carbocycles. The molecule has 2 aliphatic heterocycles. The van der Waals surface area contributed by atoms with Crippen LogP contribution in [-0.4, -0.2) is 49.7 Å². The van der Waals surface area contributed by atoms with Crippen LogP contribution in [0.2, 0.25) is 0 Å². The van der Waals surface area contributed by atoms with E-state index in [4.69, 9.17) is 4.74 Å². The van der Waals surface area contributed by atoms with Gasteiger partial charge in [0.05, 0.1) is 6.10 Å². The fourth-order valence-corrected chi connectivity index (χ4v) is 2.77. The van der Waals surface area contributed by atoms with Crippen molar-refractivity contribution in [3.63, 3.8) is 0 Å². The lowest BCUT2D eigenvalue weighted by Gasteiger charge is -2.15. The van der Waals surface area contributed by atoms with Gasteiger partial charge in [0.2, 0.25) is 5.91 Å². The van der Waals surface area contributed by atoms with Gasteiger partial charge in [-0.3, -0.25) is 4.79 Å². The molecule has 1 atom stereocenters. The average Bonchev–Trinajstić information content (AvgIpc) is 3.05. The largest absolute Gasteiger partial charge is 0.378 e. The summed E-state index contributed by atoms with van der Waals surface area (Å²) in [6.07, 6.45) is 8.28. The molecule has 0 bridgehead atoms. The second-order valence-electron chi connectivity index (χ2n) is 5.37. The summed E-state index contributed by atoms with van der Waals surface area (Å²) in [6.45, 7) is 4.71. The van der Waals surface area contributed by atoms with Crippen LogP contribution < -0.4 is 5.32 Å². The van der Waals surface area contributed by atoms with Gasteiger partial charge in [0.25, 0.3) is 0 Å². The molecule has 0 aromatic rings. The van der Waals surface area contributed by atoms with Crippen LogP contribution in [0.1, 0.15) is 44.9 Å². The summed E-state index contributed by atoms with van der Waals surface area (Å²) in [5.74, 6) is 0.319. The van der Waals surface area contributed by atoms with Gasteiger partial charge in [-0.2, -0.15) is 0 Å². The Bertz CT molecular complexity index is 246. The van der Waals surface area contributed by atoms with Crippen molar-refractivity contribution < 1.29 is 9.53 Å². The van der Waals surface area contributed by atoms with Gasteiger partial charge in [-0.1, -0.05) is 0 Å². The molecule has 2 fully saturated rings. The Morgan fingerprint density at radius 2 is 2.06 bits per heavy atom. The molecular weight excluding hydrogens is 228 g/mol. The first-order chi connectivity index (χ1) is 8.86. The smallest absolute Gasteiger partial charge is 0.223 e. The maximum atomic E-state index is 11.8. The molecule has 1 unspecified atom stereocenters. The Kier molecular flexibility index (Phi) is 5.94. The molecule has 2 heterocycles. The Labute approximate surface area is 110 Å². The Morgan fingerprint density at radius 3 is 2.78 bits per heavy atom. The molecule has 18 heavy (non-hydrogen) atoms. The minimum absolute atomic E-state index is 0.319. The zero-order valence-corrected chi connectivity index (χ0v) is 11.3. The first kappa shape index (κ1) is 13.8. The molecule has 0 radical (unpaired) electrons. The van der Waals surface area contributed by atoms with E-state index < -0.39 is 0 Å². The SMILES string of the molecule is O=C(CCNCCCC1CCCO1)N1CCCC1. The summed E-state index contributed by atoms with van der Waals surface area (Å²) in [4.78, 5) is 13.7. The second-order valence-corrected chi connectivity index (χ2v) is 5.37. The first-order valence-electron chi connectivity index (χ1n) is 7.46. The van der Waals surface area contributed by atoms with Crippen LogP contribution >= 0.6 is 0 Å². The van der Waals surface area contributed by atoms with Crippen LogP contribution in [0.3, 0.4) is 0 Å². The fraction of sp³-hybridized carbons (Fsp3) is 0.929. The van der Waals surface area contributed by atoms with Crippen LogP contribution in [0.4, 0.5) is 0 Å². The molecular formula is C14H26N2O2. The van der Waals surface area contributed by atoms with Gasteiger partial charge in [-0.05, 0) is 45.1 Å². The highest BCUT2D eigenvalue weighted by atomic mass is 16.5. The molecule has 0 spiro atoms. The number of rotatable bonds is 7. The van der Waals surface area contributed by atoms with Gasteiger partial charge in [0.15, 0.2) is 0 Å². The highest BCUT2D eigenvalue weighted by Gasteiger charge is 2.17. The van der Waals surface area contributed by atoms with Crippen LogP contribution in [0.15, 0.2) is 0 Å². The van der Waals surface area contributed by atoms with Crippen molar-refractivity contribution in [2.24, 2.45) is 0 Å². The third-order valence-corrected chi connectivity index (χ3v) is 3.88. The van der Waals surface area contributed by atoms with E-state index in [0.29, 0.717) is 18.4 Å². The maximum Gasteiger partial charge on any atom is 0.223 e. The summed E-state index contributed by atoms with van der Waals surface area (Å²) in [5, 5.41) is 3.36. The van der Waals surface area contributed by atoms with E-state index >= 15 is 0 Å². The zero-order valence-electron chi connectivity index (χ0n) is 11.3. The number of likely N-dealkylation sites (tertiary alicyclic amines) is 1. The lowest BCUT2D eigenvalue weighted by Crippen LogP contribution is -2.31.